The van der Waals surface area contributed by atoms with Gasteiger partial charge < -0.3 is 19.8 Å². The molecule has 2 atom stereocenters. The first kappa shape index (κ1) is 31.2. The number of halogens is 6. The molecule has 10 nitrogen and oxygen atoms in total. The Labute approximate surface area is 216 Å². The lowest BCUT2D eigenvalue weighted by atomic mass is 10.1. The average molecular weight is 574 g/mol. The number of hydrogen-bond donors (Lipinski definition) is 2. The molecular weight excluding hydrogens is 548 g/mol. The molecule has 0 aromatic carbocycles. The first-order valence-electron chi connectivity index (χ1n) is 11.0. The van der Waals surface area contributed by atoms with E-state index in [-0.39, 0.29) is 6.10 Å². The SMILES string of the molecule is Cc1ccc(N2C[C@@H]3CN(Cc4csc(C)n4)CCO[C@@H]3C2)nn1.O=C(O)C(F)(F)F.O=C(O)C(F)(F)F. The van der Waals surface area contributed by atoms with Gasteiger partial charge in [-0.25, -0.2) is 14.6 Å². The van der Waals surface area contributed by atoms with Gasteiger partial charge in [0.2, 0.25) is 0 Å². The number of nitrogens with zero attached hydrogens (tertiary/aromatic N) is 5. The van der Waals surface area contributed by atoms with Crippen LogP contribution in [0.15, 0.2) is 17.5 Å². The number of carbonyl (C=O) groups is 2. The Morgan fingerprint density at radius 3 is 2.11 bits per heavy atom. The van der Waals surface area contributed by atoms with Crippen LogP contribution >= 0.6 is 11.3 Å². The summed E-state index contributed by atoms with van der Waals surface area (Å²) in [6, 6.07) is 4.08. The fourth-order valence-corrected chi connectivity index (χ4v) is 4.17. The van der Waals surface area contributed by atoms with Crippen molar-refractivity contribution in [2.75, 3.05) is 37.7 Å². The molecule has 2 aromatic heterocycles. The third-order valence-corrected chi connectivity index (χ3v) is 6.08. The first-order valence-corrected chi connectivity index (χ1v) is 11.8. The van der Waals surface area contributed by atoms with Crippen LogP contribution in [0, 0.1) is 19.8 Å². The maximum Gasteiger partial charge on any atom is 0.490 e. The van der Waals surface area contributed by atoms with E-state index in [9.17, 15) is 26.3 Å². The largest absolute Gasteiger partial charge is 0.490 e. The zero-order valence-electron chi connectivity index (χ0n) is 20.2. The van der Waals surface area contributed by atoms with Crippen LogP contribution in [0.2, 0.25) is 0 Å². The van der Waals surface area contributed by atoms with E-state index in [1.807, 2.05) is 13.0 Å². The van der Waals surface area contributed by atoms with Crippen LogP contribution in [0.5, 0.6) is 0 Å². The molecule has 38 heavy (non-hydrogen) atoms. The highest BCUT2D eigenvalue weighted by molar-refractivity contribution is 7.09. The van der Waals surface area contributed by atoms with Gasteiger partial charge in [0.1, 0.15) is 0 Å². The Kier molecular flexibility index (Phi) is 10.8. The molecule has 2 aromatic rings. The van der Waals surface area contributed by atoms with Crippen LogP contribution in [-0.2, 0) is 20.9 Å². The number of carboxylic acid groups (broad SMARTS) is 2. The van der Waals surface area contributed by atoms with Crippen LogP contribution < -0.4 is 4.90 Å². The number of aryl methyl sites for hydroxylation is 2. The van der Waals surface area contributed by atoms with Crippen molar-refractivity contribution < 1.29 is 50.9 Å². The number of rotatable bonds is 3. The average Bonchev–Trinajstić information content (AvgIpc) is 3.34. The Hall–Kier alpha value is -3.05. The Morgan fingerprint density at radius 2 is 1.63 bits per heavy atom. The standard InChI is InChI=1S/C17H23N5OS.2C2HF3O2/c1-12-3-4-17(20-19-12)22-8-14-7-21(5-6-23-16(14)10-22)9-15-11-24-13(2)18-15;2*3-2(4,5)1(6)7/h3-4,11,14,16H,5-10H2,1-2H3;2*(H,6,7)/t14-,16+;;/m0../s1. The van der Waals surface area contributed by atoms with Gasteiger partial charge in [-0.1, -0.05) is 0 Å². The van der Waals surface area contributed by atoms with Crippen molar-refractivity contribution in [3.05, 3.63) is 33.9 Å². The van der Waals surface area contributed by atoms with E-state index in [0.717, 1.165) is 55.9 Å². The molecule has 0 amide bonds. The molecule has 212 valence electrons. The topological polar surface area (TPSA) is 129 Å². The number of ether oxygens (including phenoxy) is 1. The van der Waals surface area contributed by atoms with Crippen molar-refractivity contribution in [1.29, 1.82) is 0 Å². The van der Waals surface area contributed by atoms with E-state index in [2.05, 4.69) is 43.4 Å². The zero-order chi connectivity index (χ0) is 28.7. The van der Waals surface area contributed by atoms with E-state index in [0.29, 0.717) is 5.92 Å². The smallest absolute Gasteiger partial charge is 0.475 e. The fourth-order valence-electron chi connectivity index (χ4n) is 3.56. The number of alkyl halides is 6. The number of aromatic nitrogens is 3. The van der Waals surface area contributed by atoms with Gasteiger partial charge in [-0.15, -0.1) is 16.4 Å². The molecule has 2 fully saturated rings. The van der Waals surface area contributed by atoms with Crippen LogP contribution in [0.3, 0.4) is 0 Å². The molecule has 0 aliphatic carbocycles. The lowest BCUT2D eigenvalue weighted by Crippen LogP contribution is -2.32. The number of hydrogen-bond acceptors (Lipinski definition) is 9. The Morgan fingerprint density at radius 1 is 1.03 bits per heavy atom. The fraction of sp³-hybridized carbons (Fsp3) is 0.571. The number of aliphatic carboxylic acids is 2. The molecule has 2 N–H and O–H groups in total. The molecule has 2 saturated heterocycles. The van der Waals surface area contributed by atoms with E-state index in [4.69, 9.17) is 24.5 Å². The third-order valence-electron chi connectivity index (χ3n) is 5.26. The number of anilines is 1. The molecule has 0 radical (unpaired) electrons. The Bertz CT molecular complexity index is 1040. The summed E-state index contributed by atoms with van der Waals surface area (Å²) in [4.78, 5) is 27.2. The molecule has 4 heterocycles. The molecule has 2 aliphatic heterocycles. The van der Waals surface area contributed by atoms with Crippen molar-refractivity contribution >= 4 is 29.1 Å². The second-order valence-corrected chi connectivity index (χ2v) is 9.37. The van der Waals surface area contributed by atoms with Crippen LogP contribution in [0.1, 0.15) is 16.4 Å². The zero-order valence-corrected chi connectivity index (χ0v) is 21.0. The van der Waals surface area contributed by atoms with E-state index in [1.54, 1.807) is 11.3 Å². The van der Waals surface area contributed by atoms with E-state index in [1.165, 1.54) is 5.69 Å². The number of carboxylic acids is 2. The molecule has 0 bridgehead atoms. The van der Waals surface area contributed by atoms with Gasteiger partial charge in [-0.2, -0.15) is 31.4 Å². The molecule has 0 saturated carbocycles. The molecule has 4 rings (SSSR count). The van der Waals surface area contributed by atoms with Crippen molar-refractivity contribution in [2.24, 2.45) is 5.92 Å². The van der Waals surface area contributed by atoms with E-state index >= 15 is 0 Å². The minimum atomic E-state index is -5.08. The van der Waals surface area contributed by atoms with Crippen LogP contribution in [0.25, 0.3) is 0 Å². The highest BCUT2D eigenvalue weighted by Crippen LogP contribution is 2.27. The Balaban J connectivity index is 0.000000301. The molecular formula is C21H25F6N5O5S. The minimum Gasteiger partial charge on any atom is -0.475 e. The predicted octanol–water partition coefficient (Wildman–Crippen LogP) is 3.15. The van der Waals surface area contributed by atoms with Crippen molar-refractivity contribution in [1.82, 2.24) is 20.1 Å². The molecule has 0 spiro atoms. The lowest BCUT2D eigenvalue weighted by molar-refractivity contribution is -0.193. The van der Waals surface area contributed by atoms with Crippen LogP contribution in [-0.4, -0.2) is 93.5 Å². The van der Waals surface area contributed by atoms with Crippen LogP contribution in [0.4, 0.5) is 32.2 Å². The van der Waals surface area contributed by atoms with E-state index < -0.39 is 24.3 Å². The number of thiazole rings is 1. The molecule has 17 heteroatoms. The molecule has 0 unspecified atom stereocenters. The van der Waals surface area contributed by atoms with Gasteiger partial charge >= 0.3 is 24.3 Å². The van der Waals surface area contributed by atoms with Crippen molar-refractivity contribution in [3.63, 3.8) is 0 Å². The van der Waals surface area contributed by atoms with Gasteiger partial charge in [0.25, 0.3) is 0 Å². The van der Waals surface area contributed by atoms with Gasteiger partial charge in [-0.05, 0) is 26.0 Å². The van der Waals surface area contributed by atoms with Gasteiger partial charge in [0.05, 0.1) is 29.1 Å². The van der Waals surface area contributed by atoms with Gasteiger partial charge in [-0.3, -0.25) is 4.90 Å². The maximum absolute atomic E-state index is 10.6. The quantitative estimate of drug-likeness (QED) is 0.529. The second kappa shape index (κ2) is 13.1. The summed E-state index contributed by atoms with van der Waals surface area (Å²) in [5, 5.41) is 26.1. The summed E-state index contributed by atoms with van der Waals surface area (Å²) in [7, 11) is 0. The normalized spacial score (nSPS) is 19.8. The summed E-state index contributed by atoms with van der Waals surface area (Å²) >= 11 is 1.72. The first-order chi connectivity index (χ1) is 17.6. The molecule has 2 aliphatic rings. The second-order valence-electron chi connectivity index (χ2n) is 8.31. The number of fused-ring (bicyclic) bond motifs is 1. The summed E-state index contributed by atoms with van der Waals surface area (Å²) < 4.78 is 69.6. The van der Waals surface area contributed by atoms with Gasteiger partial charge in [0, 0.05) is 44.0 Å². The summed E-state index contributed by atoms with van der Waals surface area (Å²) in [5.74, 6) is -4.05. The summed E-state index contributed by atoms with van der Waals surface area (Å²) in [6.07, 6.45) is -9.88. The highest BCUT2D eigenvalue weighted by atomic mass is 32.1. The van der Waals surface area contributed by atoms with Gasteiger partial charge in [0.15, 0.2) is 5.82 Å². The summed E-state index contributed by atoms with van der Waals surface area (Å²) in [6.45, 7) is 9.66. The van der Waals surface area contributed by atoms with Crippen molar-refractivity contribution in [2.45, 2.75) is 38.8 Å². The highest BCUT2D eigenvalue weighted by Gasteiger charge is 2.39. The minimum absolute atomic E-state index is 0.287. The summed E-state index contributed by atoms with van der Waals surface area (Å²) in [5.41, 5.74) is 2.13. The lowest BCUT2D eigenvalue weighted by Gasteiger charge is -2.22. The maximum atomic E-state index is 10.6. The predicted molar refractivity (Wildman–Crippen MR) is 122 cm³/mol. The van der Waals surface area contributed by atoms with Crippen molar-refractivity contribution in [3.8, 4) is 0 Å². The monoisotopic (exact) mass is 573 g/mol. The third kappa shape index (κ3) is 10.0.